The van der Waals surface area contributed by atoms with Crippen LogP contribution in [0.25, 0.3) is 28.1 Å². The second-order valence-corrected chi connectivity index (χ2v) is 17.2. The van der Waals surface area contributed by atoms with Crippen LogP contribution in [-0.4, -0.2) is 111 Å². The first-order valence-corrected chi connectivity index (χ1v) is 22.8. The molecular weight excluding hydrogens is 885 g/mol. The smallest absolute Gasteiger partial charge is 0.406 e. The third-order valence-corrected chi connectivity index (χ3v) is 12.2. The standard InChI is InChI=1S/C27H29F3N6O2.C21H23ClN6O/c1-18-23-16-20(33-24(37)9-6-19-4-7-22(8-5-19)38-27(28,29)30)17-31-25(23)34-26(32-18)36-14-10-21(11-15-36)35-12-2-3-13-35;1-14-18-12-17(26-19(29)7-4-15-2-5-16(22)6-3-15)13-24-20(18)27-21(25-14)28-10-8-23-9-11-28/h4-9,16-17,21H,2-3,10-15H2,1H3,(H,33,37);2-3,5-6,12-13,23H,4,7-11H2,1H3,(H,26,29). The lowest BCUT2D eigenvalue weighted by Gasteiger charge is -2.36. The first-order chi connectivity index (χ1) is 32.3. The predicted molar refractivity (Wildman–Crippen MR) is 254 cm³/mol. The molecule has 2 amide bonds. The van der Waals surface area contributed by atoms with Crippen LogP contribution in [-0.2, 0) is 16.0 Å². The summed E-state index contributed by atoms with van der Waals surface area (Å²) in [5, 5.41) is 11.3. The summed E-state index contributed by atoms with van der Waals surface area (Å²) in [5.74, 6) is 0.612. The van der Waals surface area contributed by atoms with Gasteiger partial charge in [0, 0.05) is 73.6 Å². The molecule has 350 valence electrons. The van der Waals surface area contributed by atoms with Crippen LogP contribution in [0.15, 0.2) is 79.1 Å². The minimum atomic E-state index is -4.75. The minimum absolute atomic E-state index is 0.0582. The summed E-state index contributed by atoms with van der Waals surface area (Å²) in [6.45, 7) is 11.7. The van der Waals surface area contributed by atoms with Gasteiger partial charge in [-0.25, -0.2) is 19.9 Å². The number of fused-ring (bicyclic) bond motifs is 2. The van der Waals surface area contributed by atoms with Crippen LogP contribution in [0.4, 0.5) is 36.4 Å². The maximum absolute atomic E-state index is 12.4. The second-order valence-electron chi connectivity index (χ2n) is 16.7. The molecule has 2 aromatic carbocycles. The number of amides is 2. The van der Waals surface area contributed by atoms with Gasteiger partial charge < -0.3 is 35.4 Å². The van der Waals surface area contributed by atoms with Gasteiger partial charge in [-0.15, -0.1) is 13.2 Å². The number of halogens is 4. The zero-order valence-corrected chi connectivity index (χ0v) is 38.1. The van der Waals surface area contributed by atoms with Crippen molar-refractivity contribution in [2.45, 2.75) is 64.8 Å². The van der Waals surface area contributed by atoms with Gasteiger partial charge in [0.1, 0.15) is 5.75 Å². The summed E-state index contributed by atoms with van der Waals surface area (Å²) in [6, 6.07) is 17.1. The number of piperazine rings is 1. The van der Waals surface area contributed by atoms with Crippen LogP contribution in [0, 0.1) is 13.8 Å². The summed E-state index contributed by atoms with van der Waals surface area (Å²) in [7, 11) is 0. The van der Waals surface area contributed by atoms with Crippen molar-refractivity contribution in [2.75, 3.05) is 72.8 Å². The molecule has 0 bridgehead atoms. The molecule has 19 heteroatoms. The first kappa shape index (κ1) is 47.0. The van der Waals surface area contributed by atoms with Crippen molar-refractivity contribution in [3.8, 4) is 5.75 Å². The van der Waals surface area contributed by atoms with E-state index in [1.165, 1.54) is 62.3 Å². The van der Waals surface area contributed by atoms with E-state index in [0.717, 1.165) is 79.8 Å². The van der Waals surface area contributed by atoms with Crippen molar-refractivity contribution in [3.63, 3.8) is 0 Å². The molecule has 15 nitrogen and oxygen atoms in total. The van der Waals surface area contributed by atoms with E-state index in [2.05, 4.69) is 55.3 Å². The Bertz CT molecular complexity index is 2710. The molecule has 3 N–H and O–H groups in total. The molecule has 3 saturated heterocycles. The van der Waals surface area contributed by atoms with Gasteiger partial charge in [0.15, 0.2) is 11.3 Å². The molecule has 4 aromatic heterocycles. The molecule has 0 aliphatic carbocycles. The van der Waals surface area contributed by atoms with E-state index in [1.807, 2.05) is 44.2 Å². The van der Waals surface area contributed by atoms with E-state index in [1.54, 1.807) is 18.5 Å². The number of ether oxygens (including phenoxy) is 1. The lowest BCUT2D eigenvalue weighted by molar-refractivity contribution is -0.274. The quantitative estimate of drug-likeness (QED) is 0.107. The largest absolute Gasteiger partial charge is 0.573 e. The Hall–Kier alpha value is -6.50. The highest BCUT2D eigenvalue weighted by molar-refractivity contribution is 6.30. The molecule has 6 aromatic rings. The van der Waals surface area contributed by atoms with Crippen molar-refractivity contribution in [1.29, 1.82) is 0 Å². The first-order valence-electron chi connectivity index (χ1n) is 22.4. The van der Waals surface area contributed by atoms with Gasteiger partial charge in [-0.3, -0.25) is 9.59 Å². The van der Waals surface area contributed by atoms with Gasteiger partial charge in [0.05, 0.1) is 35.2 Å². The number of aromatic nitrogens is 6. The van der Waals surface area contributed by atoms with Gasteiger partial charge in [0.25, 0.3) is 0 Å². The van der Waals surface area contributed by atoms with Crippen LogP contribution >= 0.6 is 11.6 Å². The SMILES string of the molecule is Cc1nc(N2CCC(N3CCCC3)CC2)nc2ncc(NC(=O)C=Cc3ccc(OC(F)(F)F)cc3)cc12.Cc1nc(N2CCNCC2)nc2ncc(NC(=O)CCc3ccc(Cl)cc3)cc12. The number of nitrogens with one attached hydrogen (secondary N) is 3. The number of carbonyl (C=O) groups excluding carboxylic acids is 2. The molecule has 67 heavy (non-hydrogen) atoms. The third kappa shape index (κ3) is 12.9. The zero-order valence-electron chi connectivity index (χ0n) is 37.3. The maximum atomic E-state index is 12.4. The summed E-state index contributed by atoms with van der Waals surface area (Å²) >= 11 is 5.89. The lowest BCUT2D eigenvalue weighted by atomic mass is 10.0. The van der Waals surface area contributed by atoms with E-state index in [9.17, 15) is 22.8 Å². The average molecular weight is 937 g/mol. The number of pyridine rings is 2. The Morgan fingerprint density at radius 3 is 1.93 bits per heavy atom. The minimum Gasteiger partial charge on any atom is -0.406 e. The number of hydrogen-bond acceptors (Lipinski definition) is 13. The number of hydrogen-bond donors (Lipinski definition) is 3. The number of nitrogens with zero attached hydrogens (tertiary/aromatic N) is 9. The summed E-state index contributed by atoms with van der Waals surface area (Å²) in [5.41, 5.74) is 5.62. The summed E-state index contributed by atoms with van der Waals surface area (Å²) in [6.07, 6.45) is 7.10. The van der Waals surface area contributed by atoms with E-state index in [0.29, 0.717) is 64.0 Å². The van der Waals surface area contributed by atoms with Crippen molar-refractivity contribution in [1.82, 2.24) is 40.1 Å². The molecule has 3 aliphatic rings. The molecule has 0 radical (unpaired) electrons. The van der Waals surface area contributed by atoms with Crippen molar-refractivity contribution < 1.29 is 27.5 Å². The second kappa shape index (κ2) is 21.4. The van der Waals surface area contributed by atoms with Crippen molar-refractivity contribution in [2.24, 2.45) is 0 Å². The zero-order chi connectivity index (χ0) is 46.9. The van der Waals surface area contributed by atoms with E-state index in [-0.39, 0.29) is 11.7 Å². The molecule has 0 spiro atoms. The molecule has 0 saturated carbocycles. The Kier molecular flexibility index (Phi) is 15.0. The van der Waals surface area contributed by atoms with Crippen LogP contribution in [0.3, 0.4) is 0 Å². The van der Waals surface area contributed by atoms with Crippen LogP contribution in [0.5, 0.6) is 5.75 Å². The molecule has 0 atom stereocenters. The molecular formula is C48H52ClF3N12O3. The van der Waals surface area contributed by atoms with Crippen LogP contribution in [0.2, 0.25) is 5.02 Å². The normalized spacial score (nSPS) is 16.0. The average Bonchev–Trinajstić information content (AvgIpc) is 3.87. The van der Waals surface area contributed by atoms with Crippen molar-refractivity contribution >= 4 is 74.8 Å². The number of aryl methyl sites for hydroxylation is 3. The Morgan fingerprint density at radius 1 is 0.776 bits per heavy atom. The topological polar surface area (TPSA) is 167 Å². The fourth-order valence-electron chi connectivity index (χ4n) is 8.38. The molecule has 0 unspecified atom stereocenters. The van der Waals surface area contributed by atoms with E-state index < -0.39 is 12.3 Å². The monoisotopic (exact) mass is 936 g/mol. The number of likely N-dealkylation sites (tertiary alicyclic amines) is 1. The van der Waals surface area contributed by atoms with Gasteiger partial charge in [-0.2, -0.15) is 9.97 Å². The number of carbonyl (C=O) groups is 2. The van der Waals surface area contributed by atoms with Gasteiger partial charge in [-0.1, -0.05) is 35.9 Å². The van der Waals surface area contributed by atoms with Gasteiger partial charge in [-0.05, 0) is 113 Å². The highest BCUT2D eigenvalue weighted by Gasteiger charge is 2.31. The number of alkyl halides is 3. The van der Waals surface area contributed by atoms with E-state index >= 15 is 0 Å². The highest BCUT2D eigenvalue weighted by Crippen LogP contribution is 2.27. The van der Waals surface area contributed by atoms with E-state index in [4.69, 9.17) is 21.6 Å². The number of anilines is 4. The molecule has 9 rings (SSSR count). The van der Waals surface area contributed by atoms with Crippen LogP contribution < -0.4 is 30.5 Å². The fourth-order valence-corrected chi connectivity index (χ4v) is 8.50. The Balaban J connectivity index is 0.000000188. The third-order valence-electron chi connectivity index (χ3n) is 11.9. The fraction of sp³-hybridized carbons (Fsp3) is 0.375. The predicted octanol–water partition coefficient (Wildman–Crippen LogP) is 7.92. The van der Waals surface area contributed by atoms with Crippen LogP contribution in [0.1, 0.15) is 54.6 Å². The highest BCUT2D eigenvalue weighted by atomic mass is 35.5. The Morgan fingerprint density at radius 2 is 1.34 bits per heavy atom. The molecule has 7 heterocycles. The lowest BCUT2D eigenvalue weighted by Crippen LogP contribution is -2.44. The van der Waals surface area contributed by atoms with Crippen molar-refractivity contribution in [3.05, 3.63) is 107 Å². The number of rotatable bonds is 11. The summed E-state index contributed by atoms with van der Waals surface area (Å²) in [4.78, 5) is 59.3. The molecule has 3 fully saturated rings. The van der Waals surface area contributed by atoms with Gasteiger partial charge in [0.2, 0.25) is 23.7 Å². The number of piperidine rings is 1. The Labute approximate surface area is 391 Å². The van der Waals surface area contributed by atoms with Gasteiger partial charge >= 0.3 is 6.36 Å². The summed E-state index contributed by atoms with van der Waals surface area (Å²) < 4.78 is 40.7. The maximum Gasteiger partial charge on any atom is 0.573 e. The number of benzene rings is 2. The molecule has 3 aliphatic heterocycles.